The molecule has 0 bridgehead atoms. The Kier molecular flexibility index (Phi) is 3.83. The van der Waals surface area contributed by atoms with Crippen LogP contribution in [0.25, 0.3) is 0 Å². The maximum absolute atomic E-state index is 12.2. The largest absolute Gasteiger partial charge is 0.392 e. The molecule has 4 heteroatoms. The number of ketones is 2. The minimum atomic E-state index is -0.711. The zero-order valence-corrected chi connectivity index (χ0v) is 15.5. The first kappa shape index (κ1) is 17.4. The normalized spacial score (nSPS) is 52.0. The van der Waals surface area contributed by atoms with Gasteiger partial charge in [0.1, 0.15) is 5.78 Å². The first-order chi connectivity index (χ1) is 11.7. The molecule has 4 rings (SSSR count). The summed E-state index contributed by atoms with van der Waals surface area (Å²) < 4.78 is 0. The van der Waals surface area contributed by atoms with Gasteiger partial charge in [-0.25, -0.2) is 0 Å². The van der Waals surface area contributed by atoms with Crippen molar-refractivity contribution in [3.63, 3.8) is 0 Å². The van der Waals surface area contributed by atoms with Crippen molar-refractivity contribution in [2.75, 3.05) is 0 Å². The van der Waals surface area contributed by atoms with Gasteiger partial charge in [0, 0.05) is 17.8 Å². The van der Waals surface area contributed by atoms with Crippen molar-refractivity contribution in [2.24, 2.45) is 34.5 Å². The number of hydrogen-bond acceptors (Lipinski definition) is 4. The zero-order valence-electron chi connectivity index (χ0n) is 15.5. The van der Waals surface area contributed by atoms with Crippen molar-refractivity contribution in [2.45, 2.75) is 71.5 Å². The molecule has 0 aromatic carbocycles. The van der Waals surface area contributed by atoms with Gasteiger partial charge in [0.05, 0.1) is 12.2 Å². The molecule has 0 unspecified atom stereocenters. The fourth-order valence-corrected chi connectivity index (χ4v) is 7.31. The number of aliphatic hydroxyl groups is 2. The number of carbonyl (C=O) groups excluding carboxylic acids is 2. The van der Waals surface area contributed by atoms with E-state index in [0.29, 0.717) is 24.0 Å². The molecule has 0 spiro atoms. The highest BCUT2D eigenvalue weighted by atomic mass is 16.3. The van der Waals surface area contributed by atoms with E-state index in [1.807, 2.05) is 0 Å². The molecule has 3 fully saturated rings. The van der Waals surface area contributed by atoms with E-state index < -0.39 is 17.6 Å². The number of hydrogen-bond donors (Lipinski definition) is 2. The highest BCUT2D eigenvalue weighted by molar-refractivity contribution is 5.92. The highest BCUT2D eigenvalue weighted by Gasteiger charge is 2.62. The second kappa shape index (κ2) is 5.50. The van der Waals surface area contributed by atoms with Gasteiger partial charge in [-0.15, -0.1) is 0 Å². The molecule has 0 amide bonds. The van der Waals surface area contributed by atoms with Gasteiger partial charge in [-0.2, -0.15) is 0 Å². The third-order valence-electron chi connectivity index (χ3n) is 8.58. The second-order valence-electron chi connectivity index (χ2n) is 9.48. The molecule has 8 atom stereocenters. The van der Waals surface area contributed by atoms with Gasteiger partial charge in [0.2, 0.25) is 0 Å². The van der Waals surface area contributed by atoms with Crippen molar-refractivity contribution in [3.8, 4) is 0 Å². The summed E-state index contributed by atoms with van der Waals surface area (Å²) in [5.41, 5.74) is 0.272. The fraction of sp³-hybridized carbons (Fsp3) is 0.810. The van der Waals surface area contributed by atoms with E-state index in [4.69, 9.17) is 0 Å². The van der Waals surface area contributed by atoms with Crippen molar-refractivity contribution < 1.29 is 19.8 Å². The van der Waals surface area contributed by atoms with Crippen LogP contribution in [0, 0.1) is 34.5 Å². The summed E-state index contributed by atoms with van der Waals surface area (Å²) in [4.78, 5) is 24.1. The Balaban J connectivity index is 1.74. The molecular formula is C21H30O4. The average Bonchev–Trinajstić information content (AvgIpc) is 2.88. The minimum Gasteiger partial charge on any atom is -0.392 e. The molecule has 4 nitrogen and oxygen atoms in total. The third-order valence-corrected chi connectivity index (χ3v) is 8.58. The molecule has 0 saturated heterocycles. The molecule has 4 aliphatic carbocycles. The Morgan fingerprint density at radius 3 is 2.56 bits per heavy atom. The molecule has 0 radical (unpaired) electrons. The zero-order chi connectivity index (χ0) is 18.1. The van der Waals surface area contributed by atoms with E-state index in [1.165, 1.54) is 0 Å². The van der Waals surface area contributed by atoms with Crippen molar-refractivity contribution in [1.82, 2.24) is 0 Å². The summed E-state index contributed by atoms with van der Waals surface area (Å²) in [5.74, 6) is 1.40. The fourth-order valence-electron chi connectivity index (χ4n) is 7.31. The van der Waals surface area contributed by atoms with E-state index in [0.717, 1.165) is 31.3 Å². The topological polar surface area (TPSA) is 74.6 Å². The average molecular weight is 346 g/mol. The number of fused-ring (bicyclic) bond motifs is 5. The van der Waals surface area contributed by atoms with Crippen molar-refractivity contribution >= 4 is 11.6 Å². The molecule has 4 aliphatic rings. The van der Waals surface area contributed by atoms with Gasteiger partial charge in [-0.3, -0.25) is 9.59 Å². The molecule has 0 heterocycles. The summed E-state index contributed by atoms with van der Waals surface area (Å²) >= 11 is 0. The predicted octanol–water partition coefficient (Wildman–Crippen LogP) is 2.67. The van der Waals surface area contributed by atoms with Crippen LogP contribution in [0.15, 0.2) is 11.6 Å². The van der Waals surface area contributed by atoms with E-state index in [9.17, 15) is 19.8 Å². The van der Waals surface area contributed by atoms with E-state index in [1.54, 1.807) is 13.0 Å². The lowest BCUT2D eigenvalue weighted by atomic mass is 9.45. The van der Waals surface area contributed by atoms with Crippen molar-refractivity contribution in [3.05, 3.63) is 11.6 Å². The smallest absolute Gasteiger partial charge is 0.158 e. The number of aliphatic hydroxyl groups excluding tert-OH is 2. The second-order valence-corrected chi connectivity index (χ2v) is 9.48. The molecule has 138 valence electrons. The quantitative estimate of drug-likeness (QED) is 0.765. The summed E-state index contributed by atoms with van der Waals surface area (Å²) in [5, 5.41) is 21.6. The van der Waals surface area contributed by atoms with Crippen LogP contribution in [-0.2, 0) is 9.59 Å². The molecule has 0 aliphatic heterocycles. The molecule has 0 aromatic heterocycles. The van der Waals surface area contributed by atoms with Gasteiger partial charge >= 0.3 is 0 Å². The Labute approximate surface area is 149 Å². The van der Waals surface area contributed by atoms with Gasteiger partial charge in [-0.1, -0.05) is 13.8 Å². The summed E-state index contributed by atoms with van der Waals surface area (Å²) in [6, 6.07) is 0. The van der Waals surface area contributed by atoms with Crippen LogP contribution in [0.3, 0.4) is 0 Å². The van der Waals surface area contributed by atoms with Gasteiger partial charge in [0.15, 0.2) is 5.78 Å². The van der Waals surface area contributed by atoms with E-state index >= 15 is 0 Å². The van der Waals surface area contributed by atoms with Crippen LogP contribution in [0.1, 0.15) is 59.3 Å². The number of rotatable bonds is 1. The Bertz CT molecular complexity index is 652. The first-order valence-electron chi connectivity index (χ1n) is 9.81. The summed E-state index contributed by atoms with van der Waals surface area (Å²) in [6.07, 6.45) is 5.03. The maximum Gasteiger partial charge on any atom is 0.158 e. The predicted molar refractivity (Wildman–Crippen MR) is 93.7 cm³/mol. The maximum atomic E-state index is 12.2. The lowest BCUT2D eigenvalue weighted by Gasteiger charge is -2.60. The van der Waals surface area contributed by atoms with E-state index in [-0.39, 0.29) is 29.5 Å². The van der Waals surface area contributed by atoms with Crippen molar-refractivity contribution in [1.29, 1.82) is 0 Å². The SMILES string of the molecule is CC(=O)[C@H]1CC[C@H]2[C@@H]3C[C@@H](O)C4=CC(=O)C[C@@H](O)[C@]4(C)[C@H]3CC[C@]12C. The summed E-state index contributed by atoms with van der Waals surface area (Å²) in [7, 11) is 0. The van der Waals surface area contributed by atoms with Crippen LogP contribution in [0.5, 0.6) is 0 Å². The number of Topliss-reactive ketones (excluding diaryl/α,β-unsaturated/α-hetero) is 1. The lowest BCUT2D eigenvalue weighted by molar-refractivity contribution is -0.140. The molecule has 3 saturated carbocycles. The van der Waals surface area contributed by atoms with Crippen LogP contribution in [-0.4, -0.2) is 34.0 Å². The van der Waals surface area contributed by atoms with E-state index in [2.05, 4.69) is 13.8 Å². The minimum absolute atomic E-state index is 0.0275. The molecule has 2 N–H and O–H groups in total. The van der Waals surface area contributed by atoms with Gasteiger partial charge in [0.25, 0.3) is 0 Å². The molecular weight excluding hydrogens is 316 g/mol. The monoisotopic (exact) mass is 346 g/mol. The lowest BCUT2D eigenvalue weighted by Crippen LogP contribution is -2.58. The van der Waals surface area contributed by atoms with Crippen LogP contribution in [0.4, 0.5) is 0 Å². The summed E-state index contributed by atoms with van der Waals surface area (Å²) in [6.45, 7) is 6.04. The molecule has 25 heavy (non-hydrogen) atoms. The van der Waals surface area contributed by atoms with Crippen LogP contribution < -0.4 is 0 Å². The van der Waals surface area contributed by atoms with Crippen LogP contribution >= 0.6 is 0 Å². The van der Waals surface area contributed by atoms with Crippen LogP contribution in [0.2, 0.25) is 0 Å². The molecule has 0 aromatic rings. The van der Waals surface area contributed by atoms with Gasteiger partial charge in [-0.05, 0) is 73.8 Å². The standard InChI is InChI=1S/C21H30O4/c1-11(22)14-4-5-15-13-10-18(24)17-8-12(23)9-19(25)21(17,3)16(13)6-7-20(14,15)2/h8,13-16,18-19,24-25H,4-7,9-10H2,1-3H3/t13-,14+,15-,16-,18+,19+,20+,21+/m0/s1. The van der Waals surface area contributed by atoms with Gasteiger partial charge < -0.3 is 10.2 Å². The first-order valence-corrected chi connectivity index (χ1v) is 9.81. The Morgan fingerprint density at radius 2 is 1.88 bits per heavy atom. The Hall–Kier alpha value is -1.00. The number of carbonyl (C=O) groups is 2. The Morgan fingerprint density at radius 1 is 1.16 bits per heavy atom. The highest BCUT2D eigenvalue weighted by Crippen LogP contribution is 2.66. The third kappa shape index (κ3) is 2.19.